The molecule has 0 spiro atoms. The maximum Gasteiger partial charge on any atom is 0.526 e. The third-order valence-corrected chi connectivity index (χ3v) is 7.96. The van der Waals surface area contributed by atoms with Gasteiger partial charge in [0.2, 0.25) is 0 Å². The minimum atomic E-state index is -5.69. The fourth-order valence-corrected chi connectivity index (χ4v) is 6.07. The summed E-state index contributed by atoms with van der Waals surface area (Å²) in [7, 11) is -5.69. The molecule has 0 N–H and O–H groups in total. The van der Waals surface area contributed by atoms with Crippen LogP contribution in [0.2, 0.25) is 0 Å². The number of rotatable bonds is 3. The van der Waals surface area contributed by atoms with Crippen molar-refractivity contribution in [2.75, 3.05) is 0 Å². The van der Waals surface area contributed by atoms with Crippen molar-refractivity contribution in [1.29, 1.82) is 0 Å². The molecular formula is C15H14F3IO3S+. The van der Waals surface area contributed by atoms with Crippen LogP contribution in [0.3, 0.4) is 0 Å². The second kappa shape index (κ2) is 7.56. The summed E-state index contributed by atoms with van der Waals surface area (Å²) in [4.78, 5) is 0. The van der Waals surface area contributed by atoms with Crippen LogP contribution in [0.1, 0.15) is 20.8 Å². The van der Waals surface area contributed by atoms with E-state index >= 15 is 0 Å². The Labute approximate surface area is 141 Å². The first-order valence-corrected chi connectivity index (χ1v) is 10.7. The van der Waals surface area contributed by atoms with Gasteiger partial charge in [0.05, 0.1) is 0 Å². The zero-order valence-corrected chi connectivity index (χ0v) is 15.5. The lowest BCUT2D eigenvalue weighted by molar-refractivity contribution is -0.989. The Bertz CT molecular complexity index is 758. The van der Waals surface area contributed by atoms with Crippen molar-refractivity contribution in [1.82, 2.24) is 0 Å². The monoisotopic (exact) mass is 458 g/mol. The second-order valence-electron chi connectivity index (χ2n) is 5.23. The van der Waals surface area contributed by atoms with E-state index in [0.29, 0.717) is 3.57 Å². The van der Waals surface area contributed by atoms with Gasteiger partial charge in [0, 0.05) is 11.3 Å². The first-order chi connectivity index (χ1) is 10.4. The van der Waals surface area contributed by atoms with Crippen molar-refractivity contribution in [3.63, 3.8) is 0 Å². The van der Waals surface area contributed by atoms with Crippen LogP contribution in [0.25, 0.3) is 0 Å². The van der Waals surface area contributed by atoms with Gasteiger partial charge >= 0.3 is 35.9 Å². The fraction of sp³-hybridized carbons (Fsp3) is 0.333. The molecule has 0 saturated heterocycles. The van der Waals surface area contributed by atoms with Gasteiger partial charge in [-0.2, -0.15) is 21.6 Å². The van der Waals surface area contributed by atoms with Crippen molar-refractivity contribution in [3.8, 4) is 21.7 Å². The maximum absolute atomic E-state index is 12.5. The molecule has 1 aromatic rings. The summed E-state index contributed by atoms with van der Waals surface area (Å²) in [6, 6.07) is 7.78. The van der Waals surface area contributed by atoms with Crippen molar-refractivity contribution in [2.45, 2.75) is 26.3 Å². The molecule has 0 aromatic heterocycles. The zero-order chi connectivity index (χ0) is 17.7. The molecule has 125 valence electrons. The topological polar surface area (TPSA) is 43.4 Å². The third kappa shape index (κ3) is 6.81. The van der Waals surface area contributed by atoms with E-state index in [1.165, 1.54) is 12.1 Å². The van der Waals surface area contributed by atoms with Gasteiger partial charge in [-0.25, -0.2) is 0 Å². The standard InChI is InChI=1S/C15H14F3IO3S/c1-14(2,3)11-7-8-12-19(13-9-5-4-6-10-13)22-23(20,21)15(16,17)18/h4-6,9-10H,1-3H3/q+1. The number of alkyl halides is 3. The summed E-state index contributed by atoms with van der Waals surface area (Å²) in [5.74, 6) is 7.73. The van der Waals surface area contributed by atoms with Gasteiger partial charge in [-0.05, 0) is 41.3 Å². The lowest BCUT2D eigenvalue weighted by Gasteiger charge is -2.05. The van der Waals surface area contributed by atoms with E-state index in [0.717, 1.165) is 0 Å². The van der Waals surface area contributed by atoms with E-state index in [-0.39, 0.29) is 5.41 Å². The first-order valence-electron chi connectivity index (χ1n) is 6.21. The normalized spacial score (nSPS) is 12.1. The molecule has 1 rings (SSSR count). The Morgan fingerprint density at radius 2 is 1.61 bits per heavy atom. The molecule has 0 atom stereocenters. The number of hydrogen-bond acceptors (Lipinski definition) is 3. The summed E-state index contributed by atoms with van der Waals surface area (Å²) in [5, 5.41) is 0. The smallest absolute Gasteiger partial charge is 0.186 e. The summed E-state index contributed by atoms with van der Waals surface area (Å²) in [5.41, 5.74) is -5.80. The Morgan fingerprint density at radius 1 is 1.04 bits per heavy atom. The molecule has 8 heteroatoms. The Balaban J connectivity index is 3.15. The molecule has 1 aromatic carbocycles. The molecule has 3 nitrogen and oxygen atoms in total. The SMILES string of the molecule is CC(C)(C)C#CC#C[I+](OS(=O)(=O)C(F)(F)F)c1ccccc1. The van der Waals surface area contributed by atoms with Crippen molar-refractivity contribution >= 4 is 10.1 Å². The zero-order valence-electron chi connectivity index (χ0n) is 12.5. The van der Waals surface area contributed by atoms with Gasteiger partial charge in [0.15, 0.2) is 7.50 Å². The lowest BCUT2D eigenvalue weighted by atomic mass is 9.98. The summed E-state index contributed by atoms with van der Waals surface area (Å²) in [6.45, 7) is 5.54. The highest BCUT2D eigenvalue weighted by atomic mass is 127. The minimum absolute atomic E-state index is 0.320. The molecule has 0 aliphatic carbocycles. The van der Waals surface area contributed by atoms with Gasteiger partial charge in [-0.15, -0.1) is 0 Å². The molecular weight excluding hydrogens is 444 g/mol. The minimum Gasteiger partial charge on any atom is -0.186 e. The summed E-state index contributed by atoms with van der Waals surface area (Å²) < 4.78 is 67.1. The van der Waals surface area contributed by atoms with Crippen LogP contribution >= 0.6 is 0 Å². The highest BCUT2D eigenvalue weighted by Gasteiger charge is 2.53. The summed E-state index contributed by atoms with van der Waals surface area (Å²) >= 11 is -3.38. The first kappa shape index (κ1) is 19.8. The number of hydrogen-bond donors (Lipinski definition) is 0. The third-order valence-electron chi connectivity index (χ3n) is 1.99. The molecule has 0 bridgehead atoms. The van der Waals surface area contributed by atoms with E-state index in [1.807, 2.05) is 20.8 Å². The highest BCUT2D eigenvalue weighted by molar-refractivity contribution is 7.87. The van der Waals surface area contributed by atoms with Gasteiger partial charge in [-0.1, -0.05) is 24.1 Å². The van der Waals surface area contributed by atoms with Crippen molar-refractivity contribution in [3.05, 3.63) is 33.9 Å². The van der Waals surface area contributed by atoms with Crippen LogP contribution < -0.4 is 20.2 Å². The van der Waals surface area contributed by atoms with Crippen LogP contribution in [0, 0.1) is 30.7 Å². The number of halogens is 4. The van der Waals surface area contributed by atoms with Crippen LogP contribution in [-0.2, 0) is 12.6 Å². The van der Waals surface area contributed by atoms with E-state index in [2.05, 4.69) is 24.2 Å². The van der Waals surface area contributed by atoms with Crippen LogP contribution in [0.4, 0.5) is 13.2 Å². The highest BCUT2D eigenvalue weighted by Crippen LogP contribution is 2.22. The maximum atomic E-state index is 12.5. The van der Waals surface area contributed by atoms with E-state index in [1.54, 1.807) is 18.2 Å². The van der Waals surface area contributed by atoms with E-state index < -0.39 is 35.9 Å². The largest absolute Gasteiger partial charge is 0.526 e. The average molecular weight is 458 g/mol. The lowest BCUT2D eigenvalue weighted by Crippen LogP contribution is -3.84. The van der Waals surface area contributed by atoms with Crippen molar-refractivity contribution < 1.29 is 44.3 Å². The van der Waals surface area contributed by atoms with E-state index in [9.17, 15) is 21.6 Å². The quantitative estimate of drug-likeness (QED) is 0.372. The Morgan fingerprint density at radius 3 is 2.09 bits per heavy atom. The van der Waals surface area contributed by atoms with Gasteiger partial charge < -0.3 is 0 Å². The number of benzene rings is 1. The predicted molar refractivity (Wildman–Crippen MR) is 76.2 cm³/mol. The molecule has 0 saturated carbocycles. The molecule has 1 radical (unpaired) electrons. The average Bonchev–Trinajstić information content (AvgIpc) is 2.40. The van der Waals surface area contributed by atoms with Gasteiger partial charge in [-0.3, -0.25) is 0 Å². The molecule has 0 aliphatic heterocycles. The molecule has 23 heavy (non-hydrogen) atoms. The predicted octanol–water partition coefficient (Wildman–Crippen LogP) is 0.272. The van der Waals surface area contributed by atoms with Crippen LogP contribution in [0.15, 0.2) is 30.3 Å². The molecule has 0 aliphatic rings. The van der Waals surface area contributed by atoms with Gasteiger partial charge in [0.25, 0.3) is 0 Å². The van der Waals surface area contributed by atoms with Crippen LogP contribution in [-0.4, -0.2) is 13.9 Å². The van der Waals surface area contributed by atoms with Gasteiger partial charge in [0.1, 0.15) is 0 Å². The fourth-order valence-electron chi connectivity index (χ4n) is 1.04. The van der Waals surface area contributed by atoms with E-state index in [4.69, 9.17) is 0 Å². The van der Waals surface area contributed by atoms with Crippen molar-refractivity contribution in [2.24, 2.45) is 5.41 Å². The summed E-state index contributed by atoms with van der Waals surface area (Å²) in [6.07, 6.45) is 0. The Kier molecular flexibility index (Phi) is 6.51. The Hall–Kier alpha value is -1.23. The molecule has 0 fully saturated rings. The molecule has 0 amide bonds. The van der Waals surface area contributed by atoms with Crippen LogP contribution in [0.5, 0.6) is 0 Å². The second-order valence-corrected chi connectivity index (χ2v) is 11.0. The molecule has 0 heterocycles. The molecule has 0 unspecified atom stereocenters.